The summed E-state index contributed by atoms with van der Waals surface area (Å²) in [5.74, 6) is -1.96. The minimum absolute atomic E-state index is 0.158. The average Bonchev–Trinajstić information content (AvgIpc) is 3.09. The molecule has 9 heteroatoms. The second-order valence-electron chi connectivity index (χ2n) is 7.22. The second kappa shape index (κ2) is 8.33. The number of anilines is 1. The maximum Gasteiger partial charge on any atom is 0.415 e. The van der Waals surface area contributed by atoms with Crippen LogP contribution in [0.5, 0.6) is 0 Å². The Bertz CT molecular complexity index is 1120. The molecule has 164 valence electrons. The summed E-state index contributed by atoms with van der Waals surface area (Å²) in [6, 6.07) is 17.3. The lowest BCUT2D eigenvalue weighted by Crippen LogP contribution is -2.40. The molecule has 0 saturated heterocycles. The van der Waals surface area contributed by atoms with Crippen LogP contribution in [0, 0.1) is 0 Å². The van der Waals surface area contributed by atoms with E-state index >= 15 is 0 Å². The molecule has 1 aliphatic rings. The highest BCUT2D eigenvalue weighted by atomic mass is 19.4. The molecule has 1 N–H and O–H groups in total. The molecule has 32 heavy (non-hydrogen) atoms. The van der Waals surface area contributed by atoms with Gasteiger partial charge in [0.1, 0.15) is 19.0 Å². The molecule has 1 heterocycles. The number of aromatic carboxylic acids is 1. The van der Waals surface area contributed by atoms with E-state index in [2.05, 4.69) is 4.98 Å². The van der Waals surface area contributed by atoms with E-state index in [0.717, 1.165) is 40.6 Å². The highest BCUT2D eigenvalue weighted by molar-refractivity contribution is 5.89. The summed E-state index contributed by atoms with van der Waals surface area (Å²) in [5, 5.41) is 8.95. The molecule has 0 spiro atoms. The first-order valence-corrected chi connectivity index (χ1v) is 9.63. The molecule has 4 rings (SSSR count). The summed E-state index contributed by atoms with van der Waals surface area (Å²) >= 11 is 0. The van der Waals surface area contributed by atoms with E-state index in [-0.39, 0.29) is 23.9 Å². The summed E-state index contributed by atoms with van der Waals surface area (Å²) in [4.78, 5) is 27.7. The van der Waals surface area contributed by atoms with Gasteiger partial charge in [0.15, 0.2) is 0 Å². The van der Waals surface area contributed by atoms with Gasteiger partial charge in [-0.25, -0.2) is 14.6 Å². The van der Waals surface area contributed by atoms with Gasteiger partial charge in [-0.15, -0.1) is 0 Å². The topological polar surface area (TPSA) is 79.7 Å². The van der Waals surface area contributed by atoms with Gasteiger partial charge in [0.05, 0.1) is 5.56 Å². The SMILES string of the molecule is O=C(O)c1ccc(N(CC(F)(F)F)C(=O)OCC2c3ccccc3-c3ccccc32)nc1. The lowest BCUT2D eigenvalue weighted by Gasteiger charge is -2.23. The Morgan fingerprint density at radius 1 is 0.969 bits per heavy atom. The quantitative estimate of drug-likeness (QED) is 0.595. The van der Waals surface area contributed by atoms with Gasteiger partial charge in [-0.05, 0) is 34.4 Å². The van der Waals surface area contributed by atoms with Crippen LogP contribution >= 0.6 is 0 Å². The maximum absolute atomic E-state index is 13.1. The van der Waals surface area contributed by atoms with Crippen molar-refractivity contribution >= 4 is 17.9 Å². The largest absolute Gasteiger partial charge is 0.478 e. The normalized spacial score (nSPS) is 12.7. The molecular formula is C23H17F3N2O4. The minimum atomic E-state index is -4.71. The number of pyridine rings is 1. The minimum Gasteiger partial charge on any atom is -0.478 e. The van der Waals surface area contributed by atoms with Crippen LogP contribution in [0.15, 0.2) is 66.9 Å². The van der Waals surface area contributed by atoms with E-state index < -0.39 is 24.8 Å². The second-order valence-corrected chi connectivity index (χ2v) is 7.22. The molecule has 1 aliphatic carbocycles. The van der Waals surface area contributed by atoms with Gasteiger partial charge in [-0.2, -0.15) is 13.2 Å². The van der Waals surface area contributed by atoms with E-state index in [1.807, 2.05) is 48.5 Å². The van der Waals surface area contributed by atoms with E-state index in [1.165, 1.54) is 0 Å². The highest BCUT2D eigenvalue weighted by Crippen LogP contribution is 2.44. The molecule has 0 fully saturated rings. The summed E-state index contributed by atoms with van der Waals surface area (Å²) in [7, 11) is 0. The Hall–Kier alpha value is -3.88. The fourth-order valence-corrected chi connectivity index (χ4v) is 3.76. The van der Waals surface area contributed by atoms with Crippen LogP contribution in [-0.2, 0) is 4.74 Å². The number of aromatic nitrogens is 1. The Balaban J connectivity index is 1.57. The Morgan fingerprint density at radius 2 is 1.56 bits per heavy atom. The molecule has 0 bridgehead atoms. The van der Waals surface area contributed by atoms with Crippen molar-refractivity contribution in [1.82, 2.24) is 4.98 Å². The Labute approximate surface area is 180 Å². The van der Waals surface area contributed by atoms with Gasteiger partial charge < -0.3 is 9.84 Å². The Morgan fingerprint density at radius 3 is 2.06 bits per heavy atom. The third-order valence-corrected chi connectivity index (χ3v) is 5.17. The standard InChI is InChI=1S/C23H17F3N2O4/c24-23(25,26)13-28(20-10-9-14(11-27-20)21(29)30)22(31)32-12-19-17-7-3-1-5-15(17)16-6-2-4-8-18(16)19/h1-11,19H,12-13H2,(H,29,30). The third-order valence-electron chi connectivity index (χ3n) is 5.17. The number of carboxylic acid groups (broad SMARTS) is 1. The number of hydrogen-bond donors (Lipinski definition) is 1. The van der Waals surface area contributed by atoms with Crippen molar-refractivity contribution in [3.8, 4) is 11.1 Å². The van der Waals surface area contributed by atoms with Crippen molar-refractivity contribution in [2.75, 3.05) is 18.1 Å². The molecule has 1 aromatic heterocycles. The van der Waals surface area contributed by atoms with Crippen molar-refractivity contribution in [1.29, 1.82) is 0 Å². The number of rotatable bonds is 5. The predicted molar refractivity (Wildman–Crippen MR) is 110 cm³/mol. The average molecular weight is 442 g/mol. The number of hydrogen-bond acceptors (Lipinski definition) is 4. The summed E-state index contributed by atoms with van der Waals surface area (Å²) in [5.41, 5.74) is 3.61. The lowest BCUT2D eigenvalue weighted by atomic mass is 9.98. The van der Waals surface area contributed by atoms with E-state index in [1.54, 1.807) is 0 Å². The Kier molecular flexibility index (Phi) is 5.56. The smallest absolute Gasteiger partial charge is 0.415 e. The van der Waals surface area contributed by atoms with Crippen molar-refractivity contribution in [3.63, 3.8) is 0 Å². The van der Waals surface area contributed by atoms with Crippen LogP contribution < -0.4 is 4.90 Å². The third kappa shape index (κ3) is 4.27. The molecule has 0 atom stereocenters. The maximum atomic E-state index is 13.1. The molecule has 6 nitrogen and oxygen atoms in total. The van der Waals surface area contributed by atoms with Crippen molar-refractivity contribution in [3.05, 3.63) is 83.6 Å². The number of ether oxygens (including phenoxy) is 1. The predicted octanol–water partition coefficient (Wildman–Crippen LogP) is 5.10. The number of carbonyl (C=O) groups excluding carboxylic acids is 1. The van der Waals surface area contributed by atoms with Gasteiger partial charge in [0.25, 0.3) is 0 Å². The molecular weight excluding hydrogens is 425 g/mol. The number of alkyl halides is 3. The van der Waals surface area contributed by atoms with Crippen LogP contribution in [0.25, 0.3) is 11.1 Å². The van der Waals surface area contributed by atoms with Gasteiger partial charge >= 0.3 is 18.2 Å². The molecule has 2 aromatic carbocycles. The molecule has 0 unspecified atom stereocenters. The fourth-order valence-electron chi connectivity index (χ4n) is 3.76. The first kappa shape index (κ1) is 21.4. The van der Waals surface area contributed by atoms with Crippen LogP contribution in [0.3, 0.4) is 0 Å². The fraction of sp³-hybridized carbons (Fsp3) is 0.174. The monoisotopic (exact) mass is 442 g/mol. The zero-order chi connectivity index (χ0) is 22.9. The van der Waals surface area contributed by atoms with Crippen molar-refractivity contribution < 1.29 is 32.6 Å². The van der Waals surface area contributed by atoms with Gasteiger partial charge in [-0.1, -0.05) is 48.5 Å². The number of carbonyl (C=O) groups is 2. The van der Waals surface area contributed by atoms with Crippen LogP contribution in [-0.4, -0.2) is 41.5 Å². The first-order valence-electron chi connectivity index (χ1n) is 9.63. The molecule has 1 amide bonds. The summed E-state index contributed by atoms with van der Waals surface area (Å²) in [6.45, 7) is -1.78. The van der Waals surface area contributed by atoms with Crippen LogP contribution in [0.2, 0.25) is 0 Å². The van der Waals surface area contributed by atoms with E-state index in [0.29, 0.717) is 4.90 Å². The number of amides is 1. The van der Waals surface area contributed by atoms with Crippen molar-refractivity contribution in [2.45, 2.75) is 12.1 Å². The number of benzene rings is 2. The molecule has 0 radical (unpaired) electrons. The first-order chi connectivity index (χ1) is 15.2. The van der Waals surface area contributed by atoms with E-state index in [4.69, 9.17) is 9.84 Å². The number of halogens is 3. The van der Waals surface area contributed by atoms with Gasteiger partial charge in [0.2, 0.25) is 0 Å². The summed E-state index contributed by atoms with van der Waals surface area (Å²) < 4.78 is 44.7. The zero-order valence-corrected chi connectivity index (χ0v) is 16.5. The van der Waals surface area contributed by atoms with Gasteiger partial charge in [-0.3, -0.25) is 4.90 Å². The van der Waals surface area contributed by atoms with Crippen LogP contribution in [0.1, 0.15) is 27.4 Å². The number of fused-ring (bicyclic) bond motifs is 3. The van der Waals surface area contributed by atoms with Crippen LogP contribution in [0.4, 0.5) is 23.8 Å². The highest BCUT2D eigenvalue weighted by Gasteiger charge is 2.36. The summed E-state index contributed by atoms with van der Waals surface area (Å²) in [6.07, 6.45) is -5.05. The number of carboxylic acids is 1. The zero-order valence-electron chi connectivity index (χ0n) is 16.5. The molecule has 0 aliphatic heterocycles. The van der Waals surface area contributed by atoms with Crippen molar-refractivity contribution in [2.24, 2.45) is 0 Å². The molecule has 0 saturated carbocycles. The van der Waals surface area contributed by atoms with E-state index in [9.17, 15) is 22.8 Å². The van der Waals surface area contributed by atoms with Gasteiger partial charge in [0, 0.05) is 12.1 Å². The number of nitrogens with zero attached hydrogens (tertiary/aromatic N) is 2. The molecule has 3 aromatic rings. The lowest BCUT2D eigenvalue weighted by molar-refractivity contribution is -0.119.